The van der Waals surface area contributed by atoms with Crippen molar-refractivity contribution in [1.82, 2.24) is 0 Å². The van der Waals surface area contributed by atoms with Gasteiger partial charge < -0.3 is 14.6 Å². The summed E-state index contributed by atoms with van der Waals surface area (Å²) in [6.45, 7) is 3.55. The van der Waals surface area contributed by atoms with Gasteiger partial charge in [-0.25, -0.2) is 8.42 Å². The summed E-state index contributed by atoms with van der Waals surface area (Å²) in [5.74, 6) is -0.657. The van der Waals surface area contributed by atoms with Crippen LogP contribution in [0.2, 0.25) is 0 Å². The fourth-order valence-corrected chi connectivity index (χ4v) is 8.58. The lowest BCUT2D eigenvalue weighted by Gasteiger charge is -2.48. The molecule has 5 nitrogen and oxygen atoms in total. The van der Waals surface area contributed by atoms with E-state index in [1.165, 1.54) is 51.4 Å². The zero-order valence-electron chi connectivity index (χ0n) is 21.9. The zero-order valence-corrected chi connectivity index (χ0v) is 22.7. The van der Waals surface area contributed by atoms with Crippen LogP contribution in [0, 0.1) is 5.92 Å². The molecule has 0 bridgehead atoms. The second-order valence-electron chi connectivity index (χ2n) is 10.8. The summed E-state index contributed by atoms with van der Waals surface area (Å²) in [5.41, 5.74) is 0. The number of ether oxygens (including phenoxy) is 2. The van der Waals surface area contributed by atoms with Crippen LogP contribution in [0.4, 0.5) is 0 Å². The quantitative estimate of drug-likeness (QED) is 0.248. The van der Waals surface area contributed by atoms with Gasteiger partial charge >= 0.3 is 0 Å². The molecule has 1 saturated heterocycles. The van der Waals surface area contributed by atoms with E-state index < -0.39 is 20.4 Å². The van der Waals surface area contributed by atoms with Crippen LogP contribution in [-0.2, 0) is 19.3 Å². The van der Waals surface area contributed by atoms with Crippen LogP contribution in [0.15, 0.2) is 35.2 Å². The fourth-order valence-electron chi connectivity index (χ4n) is 6.13. The maximum atomic E-state index is 14.1. The van der Waals surface area contributed by atoms with Crippen molar-refractivity contribution in [2.45, 2.75) is 125 Å². The number of aliphatic hydroxyl groups excluding tert-OH is 1. The summed E-state index contributed by atoms with van der Waals surface area (Å²) < 4.78 is 39.4. The van der Waals surface area contributed by atoms with Gasteiger partial charge in [-0.1, -0.05) is 95.8 Å². The Bertz CT molecular complexity index is 819. The van der Waals surface area contributed by atoms with Gasteiger partial charge in [0.1, 0.15) is 0 Å². The maximum absolute atomic E-state index is 14.1. The highest BCUT2D eigenvalue weighted by Crippen LogP contribution is 2.52. The van der Waals surface area contributed by atoms with E-state index in [-0.39, 0.29) is 5.92 Å². The topological polar surface area (TPSA) is 72.8 Å². The van der Waals surface area contributed by atoms with E-state index in [9.17, 15) is 8.42 Å². The smallest absolute Gasteiger partial charge is 0.184 e. The van der Waals surface area contributed by atoms with Crippen molar-refractivity contribution in [2.24, 2.45) is 5.92 Å². The van der Waals surface area contributed by atoms with Gasteiger partial charge in [0.2, 0.25) is 0 Å². The Morgan fingerprint density at radius 2 is 1.34 bits per heavy atom. The Balaban J connectivity index is 1.50. The normalized spacial score (nSPS) is 24.2. The number of benzene rings is 1. The number of hydrogen-bond donors (Lipinski definition) is 1. The van der Waals surface area contributed by atoms with Crippen molar-refractivity contribution in [3.63, 3.8) is 0 Å². The van der Waals surface area contributed by atoms with Gasteiger partial charge in [-0.2, -0.15) is 0 Å². The van der Waals surface area contributed by atoms with Crippen molar-refractivity contribution in [3.05, 3.63) is 30.3 Å². The third kappa shape index (κ3) is 7.53. The molecule has 1 aromatic rings. The predicted octanol–water partition coefficient (Wildman–Crippen LogP) is 6.83. The highest BCUT2D eigenvalue weighted by Gasteiger charge is 2.58. The highest BCUT2D eigenvalue weighted by atomic mass is 32.2. The molecule has 2 aliphatic rings. The fraction of sp³-hybridized carbons (Fsp3) is 0.793. The van der Waals surface area contributed by atoms with Crippen LogP contribution < -0.4 is 0 Å². The van der Waals surface area contributed by atoms with Gasteiger partial charge in [0.15, 0.2) is 15.6 Å². The first-order valence-corrected chi connectivity index (χ1v) is 15.6. The van der Waals surface area contributed by atoms with Gasteiger partial charge in [-0.15, -0.1) is 0 Å². The maximum Gasteiger partial charge on any atom is 0.184 e. The van der Waals surface area contributed by atoms with Crippen LogP contribution in [0.3, 0.4) is 0 Å². The molecule has 1 aliphatic carbocycles. The lowest BCUT2D eigenvalue weighted by Crippen LogP contribution is -2.55. The minimum atomic E-state index is -3.53. The molecule has 2 atom stereocenters. The summed E-state index contributed by atoms with van der Waals surface area (Å²) in [6.07, 6.45) is 16.9. The van der Waals surface area contributed by atoms with Crippen molar-refractivity contribution in [2.75, 3.05) is 19.8 Å². The molecule has 0 aromatic heterocycles. The second-order valence-corrected chi connectivity index (χ2v) is 13.1. The van der Waals surface area contributed by atoms with Crippen LogP contribution in [-0.4, -0.2) is 43.9 Å². The van der Waals surface area contributed by atoms with E-state index in [0.29, 0.717) is 37.6 Å². The standard InChI is InChI=1S/C29H48O5S/c1-26-19-21-29(33-23-24-34-29)25-28(26,35(31,32)27-17-13-12-14-18-27)20-15-10-8-6-4-2-3-5-7-9-11-16-22-30/h12-14,17-18,26,30H,2-11,15-16,19-25H2,1H3. The third-order valence-corrected chi connectivity index (χ3v) is 11.0. The number of unbranched alkanes of at least 4 members (excludes halogenated alkanes) is 11. The van der Waals surface area contributed by atoms with Crippen LogP contribution in [0.5, 0.6) is 0 Å². The average Bonchev–Trinajstić information content (AvgIpc) is 3.32. The molecule has 3 rings (SSSR count). The summed E-state index contributed by atoms with van der Waals surface area (Å²) in [4.78, 5) is 0.429. The molecule has 2 unspecified atom stereocenters. The molecule has 6 heteroatoms. The predicted molar refractivity (Wildman–Crippen MR) is 141 cm³/mol. The number of sulfone groups is 1. The van der Waals surface area contributed by atoms with Gasteiger partial charge in [0.05, 0.1) is 22.9 Å². The van der Waals surface area contributed by atoms with E-state index in [0.717, 1.165) is 38.5 Å². The van der Waals surface area contributed by atoms with E-state index in [4.69, 9.17) is 14.6 Å². The third-order valence-electron chi connectivity index (χ3n) is 8.34. The van der Waals surface area contributed by atoms with Gasteiger partial charge in [0.25, 0.3) is 0 Å². The molecule has 0 amide bonds. The number of rotatable bonds is 16. The Morgan fingerprint density at radius 3 is 1.89 bits per heavy atom. The first-order valence-electron chi connectivity index (χ1n) is 14.1. The molecule has 1 saturated carbocycles. The zero-order chi connectivity index (χ0) is 25.0. The van der Waals surface area contributed by atoms with E-state index in [1.807, 2.05) is 18.2 Å². The monoisotopic (exact) mass is 508 g/mol. The van der Waals surface area contributed by atoms with Crippen molar-refractivity contribution >= 4 is 9.84 Å². The Labute approximate surface area is 213 Å². The van der Waals surface area contributed by atoms with Crippen molar-refractivity contribution in [1.29, 1.82) is 0 Å². The summed E-state index contributed by atoms with van der Waals surface area (Å²) in [6, 6.07) is 9.00. The minimum Gasteiger partial charge on any atom is -0.396 e. The van der Waals surface area contributed by atoms with Crippen LogP contribution in [0.1, 0.15) is 110 Å². The molecule has 1 aromatic carbocycles. The SMILES string of the molecule is CC1CCC2(CC1(CCCCCCCCCCCCCCO)S(=O)(=O)c1ccccc1)OCCO2. The number of hydrogen-bond acceptors (Lipinski definition) is 5. The molecular weight excluding hydrogens is 460 g/mol. The van der Waals surface area contributed by atoms with E-state index in [2.05, 4.69) is 6.92 Å². The molecule has 1 spiro atoms. The molecule has 1 heterocycles. The lowest BCUT2D eigenvalue weighted by molar-refractivity contribution is -0.190. The summed E-state index contributed by atoms with van der Waals surface area (Å²) in [5, 5.41) is 8.83. The molecule has 200 valence electrons. The summed E-state index contributed by atoms with van der Waals surface area (Å²) >= 11 is 0. The Hall–Kier alpha value is -0.950. The first-order chi connectivity index (χ1) is 17.0. The number of aliphatic hydroxyl groups is 1. The largest absolute Gasteiger partial charge is 0.396 e. The molecule has 0 radical (unpaired) electrons. The van der Waals surface area contributed by atoms with Gasteiger partial charge in [-0.3, -0.25) is 0 Å². The molecular formula is C29H48O5S. The molecule has 1 N–H and O–H groups in total. The van der Waals surface area contributed by atoms with Crippen LogP contribution in [0.25, 0.3) is 0 Å². The molecule has 1 aliphatic heterocycles. The van der Waals surface area contributed by atoms with Gasteiger partial charge in [0, 0.05) is 19.4 Å². The van der Waals surface area contributed by atoms with Crippen LogP contribution >= 0.6 is 0 Å². The van der Waals surface area contributed by atoms with Gasteiger partial charge in [-0.05, 0) is 37.3 Å². The van der Waals surface area contributed by atoms with E-state index in [1.54, 1.807) is 12.1 Å². The first kappa shape index (κ1) is 28.6. The highest BCUT2D eigenvalue weighted by molar-refractivity contribution is 7.92. The summed E-state index contributed by atoms with van der Waals surface area (Å²) in [7, 11) is -3.53. The lowest BCUT2D eigenvalue weighted by atomic mass is 9.73. The van der Waals surface area contributed by atoms with Crippen molar-refractivity contribution in [3.8, 4) is 0 Å². The van der Waals surface area contributed by atoms with Crippen molar-refractivity contribution < 1.29 is 23.0 Å². The minimum absolute atomic E-state index is 0.0727. The molecule has 35 heavy (non-hydrogen) atoms. The Morgan fingerprint density at radius 1 is 0.829 bits per heavy atom. The Kier molecular flexibility index (Phi) is 11.5. The molecule has 2 fully saturated rings. The second kappa shape index (κ2) is 14.1. The van der Waals surface area contributed by atoms with E-state index >= 15 is 0 Å². The average molecular weight is 509 g/mol.